The number of carbonyl (C=O) groups excluding carboxylic acids is 1. The maximum Gasteiger partial charge on any atom is 0.305 e. The molecule has 0 spiro atoms. The maximum atomic E-state index is 11.1. The van der Waals surface area contributed by atoms with E-state index >= 15 is 0 Å². The van der Waals surface area contributed by atoms with Crippen molar-refractivity contribution in [2.75, 3.05) is 19.0 Å². The van der Waals surface area contributed by atoms with Gasteiger partial charge in [-0.3, -0.25) is 4.79 Å². The van der Waals surface area contributed by atoms with Gasteiger partial charge >= 0.3 is 5.97 Å². The summed E-state index contributed by atoms with van der Waals surface area (Å²) in [4.78, 5) is 23.4. The lowest BCUT2D eigenvalue weighted by Crippen LogP contribution is -2.08. The number of anilines is 1. The number of fused-ring (bicyclic) bond motifs is 1. The highest BCUT2D eigenvalue weighted by Gasteiger charge is 2.12. The molecule has 0 aliphatic heterocycles. The number of esters is 1. The molecule has 0 aliphatic carbocycles. The first-order chi connectivity index (χ1) is 16.1. The lowest BCUT2D eigenvalue weighted by Gasteiger charge is -2.15. The molecular weight excluding hydrogens is 416 g/mol. The van der Waals surface area contributed by atoms with Gasteiger partial charge in [0.1, 0.15) is 23.5 Å². The highest BCUT2D eigenvalue weighted by molar-refractivity contribution is 5.91. The van der Waals surface area contributed by atoms with Crippen molar-refractivity contribution < 1.29 is 14.3 Å². The van der Waals surface area contributed by atoms with Gasteiger partial charge in [-0.2, -0.15) is 0 Å². The average molecular weight is 445 g/mol. The fourth-order valence-electron chi connectivity index (χ4n) is 3.63. The number of hydrogen-bond acceptors (Lipinski definition) is 6. The van der Waals surface area contributed by atoms with Gasteiger partial charge in [-0.15, -0.1) is 0 Å². The summed E-state index contributed by atoms with van der Waals surface area (Å²) in [7, 11) is 1.41. The number of aromatic amines is 1. The second-order valence-corrected chi connectivity index (χ2v) is 7.85. The predicted molar refractivity (Wildman–Crippen MR) is 129 cm³/mol. The monoisotopic (exact) mass is 444 g/mol. The summed E-state index contributed by atoms with van der Waals surface area (Å²) >= 11 is 0. The molecule has 0 radical (unpaired) electrons. The topological polar surface area (TPSA) is 89.1 Å². The first-order valence-electron chi connectivity index (χ1n) is 11.1. The SMILES string of the molecule is COC(=O)CCCCOc1ccc(-c2cc3c(NC(C)c4ccccc4)ncnc3[nH]2)cc1. The van der Waals surface area contributed by atoms with E-state index < -0.39 is 0 Å². The van der Waals surface area contributed by atoms with Crippen LogP contribution in [-0.2, 0) is 9.53 Å². The molecule has 2 aromatic carbocycles. The molecule has 7 heteroatoms. The molecule has 33 heavy (non-hydrogen) atoms. The van der Waals surface area contributed by atoms with Gasteiger partial charge in [0.25, 0.3) is 0 Å². The van der Waals surface area contributed by atoms with Gasteiger partial charge in [-0.1, -0.05) is 30.3 Å². The maximum absolute atomic E-state index is 11.1. The van der Waals surface area contributed by atoms with Crippen LogP contribution in [0.5, 0.6) is 5.75 Å². The molecule has 0 saturated carbocycles. The molecule has 0 saturated heterocycles. The molecule has 2 N–H and O–H groups in total. The largest absolute Gasteiger partial charge is 0.494 e. The number of rotatable bonds is 10. The Morgan fingerprint density at radius 2 is 1.85 bits per heavy atom. The third kappa shape index (κ3) is 5.68. The number of benzene rings is 2. The van der Waals surface area contributed by atoms with Crippen molar-refractivity contribution in [1.29, 1.82) is 0 Å². The minimum Gasteiger partial charge on any atom is -0.494 e. The lowest BCUT2D eigenvalue weighted by atomic mass is 10.1. The molecule has 2 heterocycles. The van der Waals surface area contributed by atoms with Crippen LogP contribution in [0.1, 0.15) is 37.8 Å². The van der Waals surface area contributed by atoms with Gasteiger partial charge in [0.05, 0.1) is 19.1 Å². The fourth-order valence-corrected chi connectivity index (χ4v) is 3.63. The number of carbonyl (C=O) groups is 1. The number of hydrogen-bond donors (Lipinski definition) is 2. The zero-order chi connectivity index (χ0) is 23.0. The zero-order valence-corrected chi connectivity index (χ0v) is 18.9. The molecule has 170 valence electrons. The van der Waals surface area contributed by atoms with E-state index in [2.05, 4.69) is 50.1 Å². The van der Waals surface area contributed by atoms with Crippen molar-refractivity contribution in [1.82, 2.24) is 15.0 Å². The summed E-state index contributed by atoms with van der Waals surface area (Å²) in [6.07, 6.45) is 3.54. The summed E-state index contributed by atoms with van der Waals surface area (Å²) in [6, 6.07) is 20.4. The van der Waals surface area contributed by atoms with Crippen LogP contribution >= 0.6 is 0 Å². The first-order valence-corrected chi connectivity index (χ1v) is 11.1. The minimum atomic E-state index is -0.185. The molecule has 0 aliphatic rings. The van der Waals surface area contributed by atoms with Crippen molar-refractivity contribution in [2.24, 2.45) is 0 Å². The molecule has 2 aromatic heterocycles. The van der Waals surface area contributed by atoms with Crippen molar-refractivity contribution in [3.05, 3.63) is 72.6 Å². The minimum absolute atomic E-state index is 0.117. The van der Waals surface area contributed by atoms with Crippen LogP contribution in [-0.4, -0.2) is 34.6 Å². The van der Waals surface area contributed by atoms with Gasteiger partial charge in [-0.05, 0) is 61.2 Å². The van der Waals surface area contributed by atoms with E-state index in [1.54, 1.807) is 6.33 Å². The van der Waals surface area contributed by atoms with Crippen LogP contribution in [0.25, 0.3) is 22.3 Å². The quantitative estimate of drug-likeness (QED) is 0.247. The van der Waals surface area contributed by atoms with E-state index in [4.69, 9.17) is 4.74 Å². The van der Waals surface area contributed by atoms with E-state index in [0.29, 0.717) is 13.0 Å². The second kappa shape index (κ2) is 10.6. The Morgan fingerprint density at radius 1 is 1.06 bits per heavy atom. The summed E-state index contributed by atoms with van der Waals surface area (Å²) in [5, 5.41) is 4.44. The van der Waals surface area contributed by atoms with Crippen molar-refractivity contribution >= 4 is 22.8 Å². The number of unbranched alkanes of at least 4 members (excludes halogenated alkanes) is 1. The van der Waals surface area contributed by atoms with E-state index in [1.165, 1.54) is 12.7 Å². The molecule has 1 atom stereocenters. The third-order valence-electron chi connectivity index (χ3n) is 5.52. The van der Waals surface area contributed by atoms with Gasteiger partial charge < -0.3 is 19.8 Å². The van der Waals surface area contributed by atoms with Crippen molar-refractivity contribution in [3.63, 3.8) is 0 Å². The van der Waals surface area contributed by atoms with Crippen LogP contribution in [0.2, 0.25) is 0 Å². The Labute approximate surface area is 193 Å². The standard InChI is InChI=1S/C26H28N4O3/c1-18(19-8-4-3-5-9-19)29-25-22-16-23(30-26(22)28-17-27-25)20-11-13-21(14-12-20)33-15-7-6-10-24(31)32-2/h3-5,8-9,11-14,16-18H,6-7,10,15H2,1-2H3,(H2,27,28,29,30). The van der Waals surface area contributed by atoms with E-state index in [9.17, 15) is 4.79 Å². The zero-order valence-electron chi connectivity index (χ0n) is 18.9. The van der Waals surface area contributed by atoms with Crippen molar-refractivity contribution in [3.8, 4) is 17.0 Å². The van der Waals surface area contributed by atoms with E-state index in [0.717, 1.165) is 46.7 Å². The molecule has 0 bridgehead atoms. The van der Waals surface area contributed by atoms with Crippen LogP contribution in [0, 0.1) is 0 Å². The average Bonchev–Trinajstić information content (AvgIpc) is 3.30. The predicted octanol–water partition coefficient (Wildman–Crippen LogP) is 5.52. The van der Waals surface area contributed by atoms with Crippen LogP contribution in [0.4, 0.5) is 5.82 Å². The van der Waals surface area contributed by atoms with Crippen molar-refractivity contribution in [2.45, 2.75) is 32.2 Å². The summed E-state index contributed by atoms with van der Waals surface area (Å²) < 4.78 is 10.4. The van der Waals surface area contributed by atoms with Crippen LogP contribution in [0.15, 0.2) is 67.0 Å². The number of methoxy groups -OCH3 is 1. The number of aromatic nitrogens is 3. The number of nitrogens with one attached hydrogen (secondary N) is 2. The molecule has 0 amide bonds. The van der Waals surface area contributed by atoms with E-state index in [1.807, 2.05) is 42.5 Å². The van der Waals surface area contributed by atoms with Gasteiger partial charge in [0, 0.05) is 18.2 Å². The van der Waals surface area contributed by atoms with Gasteiger partial charge in [0.2, 0.25) is 0 Å². The normalized spacial score (nSPS) is 11.8. The summed E-state index contributed by atoms with van der Waals surface area (Å²) in [5.74, 6) is 1.41. The molecular formula is C26H28N4O3. The molecule has 4 aromatic rings. The highest BCUT2D eigenvalue weighted by atomic mass is 16.5. The summed E-state index contributed by atoms with van der Waals surface area (Å²) in [6.45, 7) is 2.68. The fraction of sp³-hybridized carbons (Fsp3) is 0.269. The molecule has 7 nitrogen and oxygen atoms in total. The Kier molecular flexibility index (Phi) is 7.19. The molecule has 4 rings (SSSR count). The number of ether oxygens (including phenoxy) is 2. The summed E-state index contributed by atoms with van der Waals surface area (Å²) in [5.41, 5.74) is 3.98. The second-order valence-electron chi connectivity index (χ2n) is 7.85. The van der Waals surface area contributed by atoms with E-state index in [-0.39, 0.29) is 12.0 Å². The smallest absolute Gasteiger partial charge is 0.305 e. The first kappa shape index (κ1) is 22.3. The molecule has 0 fully saturated rings. The third-order valence-corrected chi connectivity index (χ3v) is 5.52. The van der Waals surface area contributed by atoms with Gasteiger partial charge in [0.15, 0.2) is 0 Å². The Hall–Kier alpha value is -3.87. The number of H-pyrrole nitrogens is 1. The van der Waals surface area contributed by atoms with Crippen LogP contribution < -0.4 is 10.1 Å². The lowest BCUT2D eigenvalue weighted by molar-refractivity contribution is -0.140. The Bertz CT molecular complexity index is 1190. The van der Waals surface area contributed by atoms with Gasteiger partial charge in [-0.25, -0.2) is 9.97 Å². The molecule has 1 unspecified atom stereocenters. The Balaban J connectivity index is 1.41. The van der Waals surface area contributed by atoms with Crippen LogP contribution in [0.3, 0.4) is 0 Å². The Morgan fingerprint density at radius 3 is 2.61 bits per heavy atom. The highest BCUT2D eigenvalue weighted by Crippen LogP contribution is 2.29. The number of nitrogens with zero attached hydrogens (tertiary/aromatic N) is 2.